The summed E-state index contributed by atoms with van der Waals surface area (Å²) < 4.78 is 0. The molecular weight excluding hydrogens is 224 g/mol. The van der Waals surface area contributed by atoms with Crippen molar-refractivity contribution in [3.05, 3.63) is 39.9 Å². The highest BCUT2D eigenvalue weighted by Gasteiger charge is 2.10. The van der Waals surface area contributed by atoms with Gasteiger partial charge >= 0.3 is 5.97 Å². The highest BCUT2D eigenvalue weighted by atomic mass is 16.6. The second-order valence-electron chi connectivity index (χ2n) is 3.80. The summed E-state index contributed by atoms with van der Waals surface area (Å²) in [4.78, 5) is 20.6. The van der Waals surface area contributed by atoms with E-state index in [2.05, 4.69) is 5.32 Å². The van der Waals surface area contributed by atoms with E-state index in [1.807, 2.05) is 0 Å². The van der Waals surface area contributed by atoms with E-state index in [0.29, 0.717) is 13.1 Å². The van der Waals surface area contributed by atoms with Gasteiger partial charge in [-0.15, -0.1) is 0 Å². The molecule has 0 aliphatic rings. The number of carboxylic acid groups (broad SMARTS) is 1. The Morgan fingerprint density at radius 2 is 2.29 bits per heavy atom. The highest BCUT2D eigenvalue weighted by Crippen LogP contribution is 2.12. The van der Waals surface area contributed by atoms with Gasteiger partial charge in [-0.1, -0.05) is 19.1 Å². The molecule has 0 fully saturated rings. The van der Waals surface area contributed by atoms with E-state index in [1.54, 1.807) is 19.1 Å². The van der Waals surface area contributed by atoms with Gasteiger partial charge in [-0.3, -0.25) is 14.9 Å². The zero-order chi connectivity index (χ0) is 12.8. The van der Waals surface area contributed by atoms with Gasteiger partial charge in [0.1, 0.15) is 0 Å². The number of nitro benzene ring substituents is 1. The molecule has 1 unspecified atom stereocenters. The van der Waals surface area contributed by atoms with Crippen LogP contribution in [-0.4, -0.2) is 22.5 Å². The SMILES string of the molecule is CC(CNCc1cccc([N+](=O)[O-])c1)C(=O)O. The van der Waals surface area contributed by atoms with Gasteiger partial charge in [0.15, 0.2) is 0 Å². The Morgan fingerprint density at radius 1 is 1.59 bits per heavy atom. The van der Waals surface area contributed by atoms with E-state index in [-0.39, 0.29) is 5.69 Å². The second-order valence-corrected chi connectivity index (χ2v) is 3.80. The molecule has 6 nitrogen and oxygen atoms in total. The number of nitrogens with zero attached hydrogens (tertiary/aromatic N) is 1. The van der Waals surface area contributed by atoms with E-state index in [4.69, 9.17) is 5.11 Å². The quantitative estimate of drug-likeness (QED) is 0.577. The average molecular weight is 238 g/mol. The second kappa shape index (κ2) is 5.95. The zero-order valence-electron chi connectivity index (χ0n) is 9.42. The van der Waals surface area contributed by atoms with Crippen LogP contribution >= 0.6 is 0 Å². The predicted molar refractivity (Wildman–Crippen MR) is 61.6 cm³/mol. The van der Waals surface area contributed by atoms with E-state index in [0.717, 1.165) is 5.56 Å². The Kier molecular flexibility index (Phi) is 4.59. The Balaban J connectivity index is 2.49. The van der Waals surface area contributed by atoms with Gasteiger partial charge in [0.25, 0.3) is 5.69 Å². The van der Waals surface area contributed by atoms with Crippen LogP contribution in [0, 0.1) is 16.0 Å². The first-order chi connectivity index (χ1) is 8.00. The molecule has 0 saturated heterocycles. The first-order valence-electron chi connectivity index (χ1n) is 5.17. The van der Waals surface area contributed by atoms with Gasteiger partial charge < -0.3 is 10.4 Å². The van der Waals surface area contributed by atoms with Crippen molar-refractivity contribution in [1.82, 2.24) is 5.32 Å². The van der Waals surface area contributed by atoms with Gasteiger partial charge in [0.2, 0.25) is 0 Å². The number of aliphatic carboxylic acids is 1. The zero-order valence-corrected chi connectivity index (χ0v) is 9.42. The van der Waals surface area contributed by atoms with E-state index in [9.17, 15) is 14.9 Å². The molecule has 1 atom stereocenters. The molecule has 1 aromatic rings. The number of hydrogen-bond donors (Lipinski definition) is 2. The number of nitro groups is 1. The normalized spacial score (nSPS) is 12.1. The summed E-state index contributed by atoms with van der Waals surface area (Å²) in [6, 6.07) is 6.25. The van der Waals surface area contributed by atoms with Crippen molar-refractivity contribution in [1.29, 1.82) is 0 Å². The van der Waals surface area contributed by atoms with Crippen LogP contribution in [0.25, 0.3) is 0 Å². The Bertz CT molecular complexity index is 420. The Labute approximate surface area is 98.4 Å². The fourth-order valence-electron chi connectivity index (χ4n) is 1.30. The van der Waals surface area contributed by atoms with Crippen LogP contribution in [0.2, 0.25) is 0 Å². The third-order valence-corrected chi connectivity index (χ3v) is 2.32. The van der Waals surface area contributed by atoms with E-state index < -0.39 is 16.8 Å². The first-order valence-corrected chi connectivity index (χ1v) is 5.17. The fraction of sp³-hybridized carbons (Fsp3) is 0.364. The van der Waals surface area contributed by atoms with Gasteiger partial charge in [-0.05, 0) is 5.56 Å². The lowest BCUT2D eigenvalue weighted by molar-refractivity contribution is -0.384. The molecule has 0 saturated carbocycles. The molecule has 92 valence electrons. The van der Waals surface area contributed by atoms with Crippen molar-refractivity contribution in [3.8, 4) is 0 Å². The van der Waals surface area contributed by atoms with Crippen LogP contribution in [0.4, 0.5) is 5.69 Å². The average Bonchev–Trinajstić information content (AvgIpc) is 2.29. The molecule has 6 heteroatoms. The number of hydrogen-bond acceptors (Lipinski definition) is 4. The summed E-state index contributed by atoms with van der Waals surface area (Å²) in [6.45, 7) is 2.35. The minimum atomic E-state index is -0.864. The lowest BCUT2D eigenvalue weighted by Crippen LogP contribution is -2.25. The molecule has 0 spiro atoms. The fourth-order valence-corrected chi connectivity index (χ4v) is 1.30. The maximum atomic E-state index is 10.6. The molecule has 0 amide bonds. The molecule has 17 heavy (non-hydrogen) atoms. The number of nitrogens with one attached hydrogen (secondary N) is 1. The van der Waals surface area contributed by atoms with Crippen LogP contribution in [0.1, 0.15) is 12.5 Å². The maximum Gasteiger partial charge on any atom is 0.307 e. The largest absolute Gasteiger partial charge is 0.481 e. The van der Waals surface area contributed by atoms with Crippen LogP contribution in [0.15, 0.2) is 24.3 Å². The molecule has 0 aliphatic heterocycles. The minimum absolute atomic E-state index is 0.0376. The first kappa shape index (κ1) is 13.1. The molecule has 2 N–H and O–H groups in total. The molecular formula is C11H14N2O4. The monoisotopic (exact) mass is 238 g/mol. The van der Waals surface area contributed by atoms with Crippen molar-refractivity contribution >= 4 is 11.7 Å². The van der Waals surface area contributed by atoms with E-state index in [1.165, 1.54) is 12.1 Å². The van der Waals surface area contributed by atoms with Crippen LogP contribution in [0.3, 0.4) is 0 Å². The topological polar surface area (TPSA) is 92.5 Å². The van der Waals surface area contributed by atoms with Crippen molar-refractivity contribution in [3.63, 3.8) is 0 Å². The van der Waals surface area contributed by atoms with Crippen molar-refractivity contribution in [2.45, 2.75) is 13.5 Å². The van der Waals surface area contributed by atoms with E-state index >= 15 is 0 Å². The van der Waals surface area contributed by atoms with Gasteiger partial charge in [0, 0.05) is 25.2 Å². The van der Waals surface area contributed by atoms with Crippen LogP contribution in [0.5, 0.6) is 0 Å². The maximum absolute atomic E-state index is 10.6. The summed E-state index contributed by atoms with van der Waals surface area (Å²) in [6.07, 6.45) is 0. The molecule has 1 rings (SSSR count). The van der Waals surface area contributed by atoms with Gasteiger partial charge in [-0.2, -0.15) is 0 Å². The lowest BCUT2D eigenvalue weighted by Gasteiger charge is -2.07. The van der Waals surface area contributed by atoms with Crippen molar-refractivity contribution in [2.75, 3.05) is 6.54 Å². The third kappa shape index (κ3) is 4.20. The summed E-state index contributed by atoms with van der Waals surface area (Å²) in [7, 11) is 0. The minimum Gasteiger partial charge on any atom is -0.481 e. The molecule has 0 heterocycles. The Hall–Kier alpha value is -1.95. The summed E-state index contributed by atoms with van der Waals surface area (Å²) in [5.74, 6) is -1.34. The number of carboxylic acids is 1. The summed E-state index contributed by atoms with van der Waals surface area (Å²) in [5.41, 5.74) is 0.798. The third-order valence-electron chi connectivity index (χ3n) is 2.32. The number of benzene rings is 1. The molecule has 0 radical (unpaired) electrons. The molecule has 0 bridgehead atoms. The van der Waals surface area contributed by atoms with Gasteiger partial charge in [-0.25, -0.2) is 0 Å². The standard InChI is InChI=1S/C11H14N2O4/c1-8(11(14)15)6-12-7-9-3-2-4-10(5-9)13(16)17/h2-5,8,12H,6-7H2,1H3,(H,14,15). The highest BCUT2D eigenvalue weighted by molar-refractivity contribution is 5.69. The lowest BCUT2D eigenvalue weighted by atomic mass is 10.1. The molecule has 1 aromatic carbocycles. The number of non-ortho nitro benzene ring substituents is 1. The van der Waals surface area contributed by atoms with Crippen molar-refractivity contribution in [2.24, 2.45) is 5.92 Å². The number of rotatable bonds is 6. The smallest absolute Gasteiger partial charge is 0.307 e. The van der Waals surface area contributed by atoms with Crippen LogP contribution in [-0.2, 0) is 11.3 Å². The van der Waals surface area contributed by atoms with Gasteiger partial charge in [0.05, 0.1) is 10.8 Å². The molecule has 0 aromatic heterocycles. The predicted octanol–water partition coefficient (Wildman–Crippen LogP) is 1.41. The number of carbonyl (C=O) groups is 1. The molecule has 0 aliphatic carbocycles. The summed E-state index contributed by atoms with van der Waals surface area (Å²) >= 11 is 0. The Morgan fingerprint density at radius 3 is 2.88 bits per heavy atom. The van der Waals surface area contributed by atoms with Crippen LogP contribution < -0.4 is 5.32 Å². The summed E-state index contributed by atoms with van der Waals surface area (Å²) in [5, 5.41) is 22.1. The van der Waals surface area contributed by atoms with Crippen molar-refractivity contribution < 1.29 is 14.8 Å².